The molecule has 36 heavy (non-hydrogen) atoms. The molecule has 2 aliphatic rings. The van der Waals surface area contributed by atoms with E-state index in [0.29, 0.717) is 6.54 Å². The third kappa shape index (κ3) is 7.68. The Balaban J connectivity index is 1.24. The SMILES string of the molecule is CC(C)(C)OC(=O)NCCN1CCN(c2cc(N[C@@H]3CCCN(c4cccc(F)c4)C3)ncn2)CC1. The number of piperidine rings is 1. The molecule has 196 valence electrons. The summed E-state index contributed by atoms with van der Waals surface area (Å²) in [5, 5.41) is 6.39. The van der Waals surface area contributed by atoms with E-state index in [9.17, 15) is 9.18 Å². The molecular weight excluding hydrogens is 461 g/mol. The number of halogens is 1. The number of aromatic nitrogens is 2. The lowest BCUT2D eigenvalue weighted by atomic mass is 10.0. The van der Waals surface area contributed by atoms with Crippen LogP contribution >= 0.6 is 0 Å². The van der Waals surface area contributed by atoms with Gasteiger partial charge in [0.15, 0.2) is 0 Å². The average molecular weight is 500 g/mol. The normalized spacial score (nSPS) is 19.2. The maximum absolute atomic E-state index is 13.7. The number of ether oxygens (including phenoxy) is 1. The third-order valence-corrected chi connectivity index (χ3v) is 6.39. The van der Waals surface area contributed by atoms with Gasteiger partial charge in [0.05, 0.1) is 0 Å². The number of rotatable bonds is 7. The van der Waals surface area contributed by atoms with Crippen molar-refractivity contribution in [2.75, 3.05) is 67.5 Å². The van der Waals surface area contributed by atoms with Crippen LogP contribution in [0, 0.1) is 5.82 Å². The molecule has 0 bridgehead atoms. The molecule has 0 saturated carbocycles. The van der Waals surface area contributed by atoms with Gasteiger partial charge in [-0.3, -0.25) is 4.90 Å². The van der Waals surface area contributed by atoms with Crippen molar-refractivity contribution in [2.24, 2.45) is 0 Å². The summed E-state index contributed by atoms with van der Waals surface area (Å²) in [4.78, 5) is 27.6. The molecule has 2 fully saturated rings. The van der Waals surface area contributed by atoms with E-state index in [4.69, 9.17) is 4.74 Å². The summed E-state index contributed by atoms with van der Waals surface area (Å²) in [7, 11) is 0. The Bertz CT molecular complexity index is 1010. The molecule has 1 aromatic heterocycles. The van der Waals surface area contributed by atoms with Gasteiger partial charge in [0.2, 0.25) is 0 Å². The van der Waals surface area contributed by atoms with E-state index < -0.39 is 5.60 Å². The predicted octanol–water partition coefficient (Wildman–Crippen LogP) is 3.34. The van der Waals surface area contributed by atoms with E-state index >= 15 is 0 Å². The van der Waals surface area contributed by atoms with Gasteiger partial charge in [0.25, 0.3) is 0 Å². The first-order chi connectivity index (χ1) is 17.2. The molecule has 0 radical (unpaired) electrons. The van der Waals surface area contributed by atoms with Gasteiger partial charge in [-0.05, 0) is 51.8 Å². The number of nitrogens with one attached hydrogen (secondary N) is 2. The van der Waals surface area contributed by atoms with Crippen molar-refractivity contribution in [3.63, 3.8) is 0 Å². The maximum atomic E-state index is 13.7. The molecule has 1 amide bonds. The number of amides is 1. The molecule has 2 N–H and O–H groups in total. The third-order valence-electron chi connectivity index (χ3n) is 6.39. The number of alkyl carbamates (subject to hydrolysis) is 1. The van der Waals surface area contributed by atoms with Gasteiger partial charge in [-0.25, -0.2) is 19.2 Å². The second-order valence-corrected chi connectivity index (χ2v) is 10.4. The minimum Gasteiger partial charge on any atom is -0.444 e. The largest absolute Gasteiger partial charge is 0.444 e. The number of hydrogen-bond acceptors (Lipinski definition) is 8. The number of anilines is 3. The molecule has 2 saturated heterocycles. The highest BCUT2D eigenvalue weighted by Crippen LogP contribution is 2.23. The Morgan fingerprint density at radius 1 is 1.11 bits per heavy atom. The summed E-state index contributed by atoms with van der Waals surface area (Å²) < 4.78 is 19.0. The van der Waals surface area contributed by atoms with E-state index in [0.717, 1.165) is 76.0 Å². The van der Waals surface area contributed by atoms with Crippen molar-refractivity contribution in [2.45, 2.75) is 45.3 Å². The number of hydrogen-bond donors (Lipinski definition) is 2. The van der Waals surface area contributed by atoms with Gasteiger partial charge in [-0.15, -0.1) is 0 Å². The van der Waals surface area contributed by atoms with Crippen LogP contribution < -0.4 is 20.4 Å². The van der Waals surface area contributed by atoms with Crippen LogP contribution in [0.4, 0.5) is 26.5 Å². The van der Waals surface area contributed by atoms with Crippen LogP contribution in [0.3, 0.4) is 0 Å². The number of carbonyl (C=O) groups is 1. The zero-order chi connectivity index (χ0) is 25.5. The van der Waals surface area contributed by atoms with E-state index in [1.807, 2.05) is 32.9 Å². The summed E-state index contributed by atoms with van der Waals surface area (Å²) >= 11 is 0. The van der Waals surface area contributed by atoms with Crippen molar-refractivity contribution in [1.82, 2.24) is 20.2 Å². The van der Waals surface area contributed by atoms with Crippen LogP contribution in [0.2, 0.25) is 0 Å². The van der Waals surface area contributed by atoms with Crippen molar-refractivity contribution >= 4 is 23.4 Å². The minimum absolute atomic E-state index is 0.206. The topological polar surface area (TPSA) is 85.9 Å². The fraction of sp³-hybridized carbons (Fsp3) is 0.577. The van der Waals surface area contributed by atoms with Gasteiger partial charge in [-0.1, -0.05) is 6.07 Å². The van der Waals surface area contributed by atoms with Crippen LogP contribution in [-0.2, 0) is 4.74 Å². The Labute approximate surface area is 213 Å². The molecule has 0 spiro atoms. The van der Waals surface area contributed by atoms with Crippen LogP contribution in [0.1, 0.15) is 33.6 Å². The maximum Gasteiger partial charge on any atom is 0.407 e. The van der Waals surface area contributed by atoms with Crippen LogP contribution in [0.15, 0.2) is 36.7 Å². The van der Waals surface area contributed by atoms with Gasteiger partial charge < -0.3 is 25.2 Å². The van der Waals surface area contributed by atoms with Gasteiger partial charge in [-0.2, -0.15) is 0 Å². The highest BCUT2D eigenvalue weighted by Gasteiger charge is 2.23. The molecule has 1 atom stereocenters. The Hall–Kier alpha value is -3.14. The van der Waals surface area contributed by atoms with E-state index in [2.05, 4.69) is 35.3 Å². The molecule has 10 heteroatoms. The zero-order valence-electron chi connectivity index (χ0n) is 21.5. The summed E-state index contributed by atoms with van der Waals surface area (Å²) in [5.74, 6) is 1.52. The van der Waals surface area contributed by atoms with Crippen molar-refractivity contribution in [3.8, 4) is 0 Å². The van der Waals surface area contributed by atoms with Crippen LogP contribution in [-0.4, -0.2) is 85.0 Å². The lowest BCUT2D eigenvalue weighted by Gasteiger charge is -2.36. The first-order valence-electron chi connectivity index (χ1n) is 12.8. The summed E-state index contributed by atoms with van der Waals surface area (Å²) in [6.07, 6.45) is 3.32. The fourth-order valence-electron chi connectivity index (χ4n) is 4.64. The molecule has 1 aromatic carbocycles. The number of benzene rings is 1. The van der Waals surface area contributed by atoms with Crippen LogP contribution in [0.25, 0.3) is 0 Å². The van der Waals surface area contributed by atoms with Crippen molar-refractivity contribution in [1.29, 1.82) is 0 Å². The smallest absolute Gasteiger partial charge is 0.407 e. The number of carbonyl (C=O) groups excluding carboxylic acids is 1. The first-order valence-corrected chi connectivity index (χ1v) is 12.8. The fourth-order valence-corrected chi connectivity index (χ4v) is 4.64. The minimum atomic E-state index is -0.487. The standard InChI is InChI=1S/C26H38FN7O2/c1-26(2,3)36-25(35)28-9-11-32-12-14-33(15-13-32)24-17-23(29-19-30-24)31-21-7-5-10-34(18-21)22-8-4-6-20(27)16-22/h4,6,8,16-17,19,21H,5,7,9-15,18H2,1-3H3,(H,28,35)(H,29,30,31)/t21-/m1/s1. The van der Waals surface area contributed by atoms with Gasteiger partial charge >= 0.3 is 6.09 Å². The molecule has 0 unspecified atom stereocenters. The first kappa shape index (κ1) is 25.9. The second-order valence-electron chi connectivity index (χ2n) is 10.4. The summed E-state index contributed by atoms with van der Waals surface area (Å²) in [5.41, 5.74) is 0.433. The Morgan fingerprint density at radius 2 is 1.92 bits per heavy atom. The van der Waals surface area contributed by atoms with E-state index in [-0.39, 0.29) is 18.0 Å². The lowest BCUT2D eigenvalue weighted by Crippen LogP contribution is -2.49. The molecule has 2 aromatic rings. The summed E-state index contributed by atoms with van der Waals surface area (Å²) in [6, 6.07) is 9.04. The average Bonchev–Trinajstić information content (AvgIpc) is 2.84. The molecule has 4 rings (SSSR count). The van der Waals surface area contributed by atoms with Crippen LogP contribution in [0.5, 0.6) is 0 Å². The Kier molecular flexibility index (Phi) is 8.45. The predicted molar refractivity (Wildman–Crippen MR) is 140 cm³/mol. The molecule has 9 nitrogen and oxygen atoms in total. The van der Waals surface area contributed by atoms with E-state index in [1.165, 1.54) is 6.07 Å². The Morgan fingerprint density at radius 3 is 2.67 bits per heavy atom. The number of piperazine rings is 1. The molecule has 0 aliphatic carbocycles. The molecule has 2 aliphatic heterocycles. The highest BCUT2D eigenvalue weighted by molar-refractivity contribution is 5.67. The second kappa shape index (κ2) is 11.7. The van der Waals surface area contributed by atoms with Gasteiger partial charge in [0.1, 0.15) is 29.4 Å². The number of nitrogens with zero attached hydrogens (tertiary/aromatic N) is 5. The monoisotopic (exact) mass is 499 g/mol. The summed E-state index contributed by atoms with van der Waals surface area (Å²) in [6.45, 7) is 12.2. The van der Waals surface area contributed by atoms with Crippen molar-refractivity contribution < 1.29 is 13.9 Å². The van der Waals surface area contributed by atoms with Gasteiger partial charge in [0, 0.05) is 70.2 Å². The van der Waals surface area contributed by atoms with E-state index in [1.54, 1.807) is 18.5 Å². The lowest BCUT2D eigenvalue weighted by molar-refractivity contribution is 0.0521. The highest BCUT2D eigenvalue weighted by atomic mass is 19.1. The van der Waals surface area contributed by atoms with Crippen molar-refractivity contribution in [3.05, 3.63) is 42.5 Å². The molecular formula is C26H38FN7O2. The quantitative estimate of drug-likeness (QED) is 0.600. The zero-order valence-corrected chi connectivity index (χ0v) is 21.5. The molecule has 3 heterocycles.